The number of halogens is 3. The third-order valence-corrected chi connectivity index (χ3v) is 9.69. The highest BCUT2D eigenvalue weighted by Crippen LogP contribution is 2.39. The summed E-state index contributed by atoms with van der Waals surface area (Å²) in [5.41, 5.74) is 1.64. The number of alkyl halides is 2. The fraction of sp³-hybridized carbons (Fsp3) is 0.448. The van der Waals surface area contributed by atoms with Crippen molar-refractivity contribution >= 4 is 52.9 Å². The molecule has 3 heterocycles. The SMILES string of the molecule is CN1CCN(C2CCN(c3ccc(Nc4ncc(Cl)c(Nc5ccccc5P(C)(C)=O)n4)cc3C(F)F)CC2)CC1. The van der Waals surface area contributed by atoms with E-state index in [4.69, 9.17) is 11.6 Å². The molecule has 5 rings (SSSR count). The summed E-state index contributed by atoms with van der Waals surface area (Å²) in [6.45, 7) is 9.18. The lowest BCUT2D eigenvalue weighted by atomic mass is 10.0. The molecule has 0 aliphatic carbocycles. The smallest absolute Gasteiger partial charge is 0.265 e. The van der Waals surface area contributed by atoms with Crippen molar-refractivity contribution in [3.05, 3.63) is 59.2 Å². The first kappa shape index (κ1) is 29.7. The van der Waals surface area contributed by atoms with Crippen LogP contribution in [0.4, 0.5) is 37.6 Å². The predicted octanol–water partition coefficient (Wildman–Crippen LogP) is 6.02. The molecule has 41 heavy (non-hydrogen) atoms. The summed E-state index contributed by atoms with van der Waals surface area (Å²) in [5, 5.41) is 7.15. The summed E-state index contributed by atoms with van der Waals surface area (Å²) < 4.78 is 41.3. The summed E-state index contributed by atoms with van der Waals surface area (Å²) in [7, 11) is -0.413. The van der Waals surface area contributed by atoms with Gasteiger partial charge in [0, 0.05) is 67.6 Å². The Morgan fingerprint density at radius 1 is 1.00 bits per heavy atom. The molecule has 0 saturated carbocycles. The highest BCUT2D eigenvalue weighted by molar-refractivity contribution is 7.70. The molecule has 0 amide bonds. The Kier molecular flexibility index (Phi) is 9.14. The fourth-order valence-corrected chi connectivity index (χ4v) is 6.87. The van der Waals surface area contributed by atoms with Crippen LogP contribution >= 0.6 is 18.7 Å². The zero-order valence-electron chi connectivity index (χ0n) is 23.7. The molecule has 2 fully saturated rings. The van der Waals surface area contributed by atoms with Crippen molar-refractivity contribution in [3.63, 3.8) is 0 Å². The Morgan fingerprint density at radius 2 is 1.71 bits per heavy atom. The van der Waals surface area contributed by atoms with Crippen molar-refractivity contribution in [2.75, 3.05) is 75.2 Å². The van der Waals surface area contributed by atoms with Crippen LogP contribution in [-0.2, 0) is 4.57 Å². The maximum Gasteiger partial charge on any atom is 0.265 e. The molecule has 2 aliphatic heterocycles. The number of piperazine rings is 1. The van der Waals surface area contributed by atoms with Gasteiger partial charge in [-0.2, -0.15) is 4.98 Å². The van der Waals surface area contributed by atoms with Gasteiger partial charge in [-0.05, 0) is 63.6 Å². The van der Waals surface area contributed by atoms with Crippen LogP contribution in [0.15, 0.2) is 48.7 Å². The normalized spacial score (nSPS) is 17.7. The van der Waals surface area contributed by atoms with Gasteiger partial charge in [0.05, 0.1) is 11.9 Å². The molecule has 0 spiro atoms. The van der Waals surface area contributed by atoms with Crippen LogP contribution in [0.3, 0.4) is 0 Å². The molecule has 2 N–H and O–H groups in total. The van der Waals surface area contributed by atoms with Gasteiger partial charge in [0.15, 0.2) is 5.82 Å². The van der Waals surface area contributed by atoms with Gasteiger partial charge in [-0.1, -0.05) is 23.7 Å². The van der Waals surface area contributed by atoms with E-state index in [-0.39, 0.29) is 16.5 Å². The number of likely N-dealkylation sites (N-methyl/N-ethyl adjacent to an activating group) is 1. The maximum atomic E-state index is 14.2. The van der Waals surface area contributed by atoms with Gasteiger partial charge >= 0.3 is 0 Å². The highest BCUT2D eigenvalue weighted by Gasteiger charge is 2.28. The van der Waals surface area contributed by atoms with Crippen LogP contribution in [0.2, 0.25) is 5.02 Å². The fourth-order valence-electron chi connectivity index (χ4n) is 5.57. The quantitative estimate of drug-likeness (QED) is 0.303. The average Bonchev–Trinajstić information content (AvgIpc) is 2.95. The van der Waals surface area contributed by atoms with E-state index in [1.807, 2.05) is 18.2 Å². The molecule has 0 radical (unpaired) electrons. The second kappa shape index (κ2) is 12.6. The summed E-state index contributed by atoms with van der Waals surface area (Å²) in [4.78, 5) is 15.7. The first-order valence-electron chi connectivity index (χ1n) is 13.9. The molecule has 0 bridgehead atoms. The van der Waals surface area contributed by atoms with Crippen molar-refractivity contribution in [2.24, 2.45) is 0 Å². The first-order valence-corrected chi connectivity index (χ1v) is 16.9. The minimum Gasteiger partial charge on any atom is -0.371 e. The van der Waals surface area contributed by atoms with Crippen molar-refractivity contribution in [1.29, 1.82) is 0 Å². The number of nitrogens with one attached hydrogen (secondary N) is 2. The Balaban J connectivity index is 1.30. The average molecular weight is 604 g/mol. The van der Waals surface area contributed by atoms with Crippen LogP contribution < -0.4 is 20.8 Å². The Bertz CT molecular complexity index is 1410. The minimum atomic E-state index is -2.62. The maximum absolute atomic E-state index is 14.2. The number of hydrogen-bond donors (Lipinski definition) is 2. The largest absolute Gasteiger partial charge is 0.371 e. The van der Waals surface area contributed by atoms with Gasteiger partial charge in [-0.25, -0.2) is 13.8 Å². The van der Waals surface area contributed by atoms with E-state index in [9.17, 15) is 13.3 Å². The third kappa shape index (κ3) is 7.17. The number of hydrogen-bond acceptors (Lipinski definition) is 8. The molecule has 3 aromatic rings. The number of para-hydroxylation sites is 1. The number of rotatable bonds is 8. The van der Waals surface area contributed by atoms with E-state index < -0.39 is 13.6 Å². The summed E-state index contributed by atoms with van der Waals surface area (Å²) in [5.74, 6) is 0.519. The van der Waals surface area contributed by atoms with Crippen molar-refractivity contribution in [1.82, 2.24) is 19.8 Å². The van der Waals surface area contributed by atoms with E-state index in [1.54, 1.807) is 31.5 Å². The van der Waals surface area contributed by atoms with Gasteiger partial charge < -0.3 is 25.0 Å². The van der Waals surface area contributed by atoms with Gasteiger partial charge in [-0.3, -0.25) is 4.90 Å². The van der Waals surface area contributed by atoms with E-state index >= 15 is 0 Å². The van der Waals surface area contributed by atoms with Crippen LogP contribution in [0, 0.1) is 0 Å². The van der Waals surface area contributed by atoms with Gasteiger partial charge in [-0.15, -0.1) is 0 Å². The Morgan fingerprint density at radius 3 is 2.39 bits per heavy atom. The molecule has 0 unspecified atom stereocenters. The molecule has 8 nitrogen and oxygen atoms in total. The number of piperidine rings is 1. The molecule has 0 atom stereocenters. The van der Waals surface area contributed by atoms with Gasteiger partial charge in [0.25, 0.3) is 6.43 Å². The van der Waals surface area contributed by atoms with Crippen LogP contribution in [-0.4, -0.2) is 85.5 Å². The molecule has 12 heteroatoms. The predicted molar refractivity (Wildman–Crippen MR) is 165 cm³/mol. The van der Waals surface area contributed by atoms with Crippen molar-refractivity contribution in [2.45, 2.75) is 25.3 Å². The standard InChI is InChI=1S/C29H37ClF2N7OP/c1-37-14-16-38(17-15-37)21-10-12-39(13-11-21)25-9-8-20(18-22(25)27(31)32)34-29-33-19-23(30)28(36-29)35-24-6-4-5-7-26(24)41(2,3)40/h4-9,18-19,21,27H,10-17H2,1-3H3,(H2,33,34,35,36). The highest BCUT2D eigenvalue weighted by atomic mass is 35.5. The lowest BCUT2D eigenvalue weighted by Gasteiger charge is -2.43. The number of benzene rings is 2. The summed E-state index contributed by atoms with van der Waals surface area (Å²) in [6, 6.07) is 12.8. The topological polar surface area (TPSA) is 76.6 Å². The monoisotopic (exact) mass is 603 g/mol. The van der Waals surface area contributed by atoms with Gasteiger partial charge in [0.2, 0.25) is 5.95 Å². The van der Waals surface area contributed by atoms with Crippen LogP contribution in [0.25, 0.3) is 0 Å². The Hall–Kier alpha value is -2.78. The molecule has 2 aliphatic rings. The zero-order chi connectivity index (χ0) is 29.1. The lowest BCUT2D eigenvalue weighted by molar-refractivity contribution is 0.0980. The molecular weight excluding hydrogens is 567 g/mol. The summed E-state index contributed by atoms with van der Waals surface area (Å²) in [6.07, 6.45) is 0.748. The van der Waals surface area contributed by atoms with Crippen molar-refractivity contribution in [3.8, 4) is 0 Å². The Labute approximate surface area is 245 Å². The second-order valence-corrected chi connectivity index (χ2v) is 14.7. The zero-order valence-corrected chi connectivity index (χ0v) is 25.3. The van der Waals surface area contributed by atoms with Crippen LogP contribution in [0.1, 0.15) is 24.8 Å². The molecule has 2 aromatic carbocycles. The van der Waals surface area contributed by atoms with Gasteiger partial charge in [0.1, 0.15) is 12.2 Å². The first-order chi connectivity index (χ1) is 19.6. The second-order valence-electron chi connectivity index (χ2n) is 11.1. The third-order valence-electron chi connectivity index (χ3n) is 7.86. The van der Waals surface area contributed by atoms with E-state index in [2.05, 4.69) is 42.3 Å². The van der Waals surface area contributed by atoms with Crippen LogP contribution in [0.5, 0.6) is 0 Å². The number of aromatic nitrogens is 2. The van der Waals surface area contributed by atoms with E-state index in [0.29, 0.717) is 34.2 Å². The molecular formula is C29H37ClF2N7OP. The lowest BCUT2D eigenvalue weighted by Crippen LogP contribution is -2.52. The molecule has 220 valence electrons. The number of anilines is 5. The number of nitrogens with zero attached hydrogens (tertiary/aromatic N) is 5. The molecule has 1 aromatic heterocycles. The van der Waals surface area contributed by atoms with E-state index in [0.717, 1.165) is 52.1 Å². The van der Waals surface area contributed by atoms with E-state index in [1.165, 1.54) is 12.3 Å². The van der Waals surface area contributed by atoms with Crippen molar-refractivity contribution < 1.29 is 13.3 Å². The molecule has 2 saturated heterocycles. The summed E-state index contributed by atoms with van der Waals surface area (Å²) >= 11 is 6.36. The minimum absolute atomic E-state index is 0.0177.